The molecule has 0 radical (unpaired) electrons. The second-order valence-corrected chi connectivity index (χ2v) is 7.23. The lowest BCUT2D eigenvalue weighted by Crippen LogP contribution is -2.47. The number of phenols is 2. The number of amides is 1. The monoisotopic (exact) mass is 428 g/mol. The molecule has 1 atom stereocenters. The van der Waals surface area contributed by atoms with Gasteiger partial charge in [-0.2, -0.15) is 0 Å². The largest absolute Gasteiger partial charge is 0.508 e. The van der Waals surface area contributed by atoms with E-state index in [0.717, 1.165) is 5.69 Å². The molecule has 2 heterocycles. The minimum absolute atomic E-state index is 0.00710. The number of halogens is 1. The third kappa shape index (κ3) is 2.94. The summed E-state index contributed by atoms with van der Waals surface area (Å²) in [4.78, 5) is 16.8. The molecule has 0 saturated heterocycles. The number of nitrogens with zero attached hydrogens (tertiary/aromatic N) is 2. The smallest absolute Gasteiger partial charge is 0.258 e. The molecule has 2 aromatic carbocycles. The summed E-state index contributed by atoms with van der Waals surface area (Å²) in [6.45, 7) is 0.224. The lowest BCUT2D eigenvalue weighted by Gasteiger charge is -2.44. The highest BCUT2D eigenvalue weighted by Crippen LogP contribution is 2.44. The van der Waals surface area contributed by atoms with Crippen LogP contribution in [0.3, 0.4) is 0 Å². The zero-order valence-corrected chi connectivity index (χ0v) is 16.0. The zero-order chi connectivity index (χ0) is 19.1. The van der Waals surface area contributed by atoms with Gasteiger partial charge in [0.15, 0.2) is 0 Å². The van der Waals surface area contributed by atoms with Gasteiger partial charge in [0.25, 0.3) is 5.91 Å². The van der Waals surface area contributed by atoms with Crippen LogP contribution in [0.2, 0.25) is 0 Å². The summed E-state index contributed by atoms with van der Waals surface area (Å²) in [5.74, 6) is 0.414. The number of carbonyl (C=O) groups excluding carboxylic acids is 1. The van der Waals surface area contributed by atoms with E-state index in [4.69, 9.17) is 4.42 Å². The summed E-state index contributed by atoms with van der Waals surface area (Å²) in [5.41, 5.74) is 1.74. The maximum absolute atomic E-state index is 13.3. The Morgan fingerprint density at radius 1 is 1.15 bits per heavy atom. The van der Waals surface area contributed by atoms with Crippen molar-refractivity contribution in [1.29, 1.82) is 0 Å². The third-order valence-electron chi connectivity index (χ3n) is 4.70. The summed E-state index contributed by atoms with van der Waals surface area (Å²) in [7, 11) is 1.85. The number of benzene rings is 2. The molecule has 0 bridgehead atoms. The molecule has 27 heavy (non-hydrogen) atoms. The number of anilines is 1. The van der Waals surface area contributed by atoms with E-state index >= 15 is 0 Å². The minimum atomic E-state index is -0.624. The number of carbonyl (C=O) groups is 1. The topological polar surface area (TPSA) is 77.2 Å². The van der Waals surface area contributed by atoms with E-state index in [1.807, 2.05) is 30.1 Å². The fraction of sp³-hybridized carbons (Fsp3) is 0.150. The number of fused-ring (bicyclic) bond motifs is 1. The first-order valence-electron chi connectivity index (χ1n) is 8.34. The van der Waals surface area contributed by atoms with E-state index in [-0.39, 0.29) is 24.0 Å². The predicted octanol–water partition coefficient (Wildman–Crippen LogP) is 4.24. The number of hydrogen-bond acceptors (Lipinski definition) is 5. The molecule has 6 nitrogen and oxygen atoms in total. The van der Waals surface area contributed by atoms with Crippen LogP contribution >= 0.6 is 15.9 Å². The molecule has 1 aliphatic rings. The zero-order valence-electron chi connectivity index (χ0n) is 14.5. The Morgan fingerprint density at radius 2 is 1.93 bits per heavy atom. The van der Waals surface area contributed by atoms with Crippen molar-refractivity contribution >= 4 is 27.5 Å². The fourth-order valence-electron chi connectivity index (χ4n) is 3.48. The molecule has 3 aromatic rings. The molecule has 0 fully saturated rings. The van der Waals surface area contributed by atoms with Gasteiger partial charge >= 0.3 is 0 Å². The van der Waals surface area contributed by atoms with E-state index in [1.165, 1.54) is 12.1 Å². The molecular weight excluding hydrogens is 412 g/mol. The first-order chi connectivity index (χ1) is 13.0. The number of furan rings is 1. The molecule has 0 unspecified atom stereocenters. The van der Waals surface area contributed by atoms with Crippen molar-refractivity contribution in [2.45, 2.75) is 12.7 Å². The van der Waals surface area contributed by atoms with E-state index in [0.29, 0.717) is 21.4 Å². The number of aromatic hydroxyl groups is 2. The van der Waals surface area contributed by atoms with Gasteiger partial charge in [-0.05, 0) is 52.3 Å². The van der Waals surface area contributed by atoms with Gasteiger partial charge in [-0.1, -0.05) is 12.1 Å². The van der Waals surface area contributed by atoms with Gasteiger partial charge in [0, 0.05) is 12.6 Å². The summed E-state index contributed by atoms with van der Waals surface area (Å²) < 4.78 is 5.79. The molecule has 1 aliphatic heterocycles. The van der Waals surface area contributed by atoms with E-state index in [9.17, 15) is 15.0 Å². The number of para-hydroxylation sites is 1. The van der Waals surface area contributed by atoms with Crippen molar-refractivity contribution in [3.63, 3.8) is 0 Å². The van der Waals surface area contributed by atoms with Crippen LogP contribution in [0.4, 0.5) is 5.69 Å². The number of hydrogen-bond donors (Lipinski definition) is 2. The number of rotatable bonds is 3. The van der Waals surface area contributed by atoms with Crippen LogP contribution in [0.5, 0.6) is 11.5 Å². The average molecular weight is 429 g/mol. The Balaban J connectivity index is 1.89. The van der Waals surface area contributed by atoms with Gasteiger partial charge in [0.1, 0.15) is 23.4 Å². The molecule has 0 saturated carbocycles. The van der Waals surface area contributed by atoms with Crippen LogP contribution in [0.15, 0.2) is 63.7 Å². The van der Waals surface area contributed by atoms with Crippen molar-refractivity contribution in [2.24, 2.45) is 0 Å². The van der Waals surface area contributed by atoms with Gasteiger partial charge in [0.2, 0.25) is 0 Å². The van der Waals surface area contributed by atoms with Crippen molar-refractivity contribution < 1.29 is 19.4 Å². The maximum Gasteiger partial charge on any atom is 0.258 e. The van der Waals surface area contributed by atoms with Crippen molar-refractivity contribution in [3.8, 4) is 11.5 Å². The summed E-state index contributed by atoms with van der Waals surface area (Å²) in [5, 5.41) is 20.7. The van der Waals surface area contributed by atoms with Crippen LogP contribution in [-0.2, 0) is 6.54 Å². The highest BCUT2D eigenvalue weighted by Gasteiger charge is 2.38. The van der Waals surface area contributed by atoms with Gasteiger partial charge in [-0.25, -0.2) is 0 Å². The SMILES string of the molecule is CN1c2ccccc2C(=O)N(Cc2ccco2)[C@H]1c1cc(O)cc(Br)c1O. The Hall–Kier alpha value is -2.93. The highest BCUT2D eigenvalue weighted by atomic mass is 79.9. The molecule has 1 aromatic heterocycles. The van der Waals surface area contributed by atoms with E-state index in [1.54, 1.807) is 29.4 Å². The normalized spacial score (nSPS) is 16.5. The summed E-state index contributed by atoms with van der Waals surface area (Å²) in [6.07, 6.45) is 0.930. The van der Waals surface area contributed by atoms with Crippen molar-refractivity contribution in [2.75, 3.05) is 11.9 Å². The van der Waals surface area contributed by atoms with E-state index < -0.39 is 6.17 Å². The van der Waals surface area contributed by atoms with Gasteiger partial charge in [-0.15, -0.1) is 0 Å². The van der Waals surface area contributed by atoms with Crippen LogP contribution in [-0.4, -0.2) is 28.1 Å². The lowest BCUT2D eigenvalue weighted by atomic mass is 10.0. The Morgan fingerprint density at radius 3 is 2.67 bits per heavy atom. The average Bonchev–Trinajstić information content (AvgIpc) is 3.16. The standard InChI is InChI=1S/C20H17BrN2O4/c1-22-17-7-3-2-6-14(17)20(26)23(11-13-5-4-8-27-13)19(22)15-9-12(24)10-16(21)18(15)25/h2-10,19,24-25H,11H2,1H3/t19-/m0/s1. The highest BCUT2D eigenvalue weighted by molar-refractivity contribution is 9.10. The third-order valence-corrected chi connectivity index (χ3v) is 5.30. The molecule has 4 rings (SSSR count). The Labute approximate surface area is 164 Å². The molecule has 0 spiro atoms. The Kier molecular flexibility index (Phi) is 4.31. The van der Waals surface area contributed by atoms with Crippen LogP contribution in [0.25, 0.3) is 0 Å². The predicted molar refractivity (Wildman–Crippen MR) is 104 cm³/mol. The lowest BCUT2D eigenvalue weighted by molar-refractivity contribution is 0.0616. The summed E-state index contributed by atoms with van der Waals surface area (Å²) in [6, 6.07) is 13.8. The minimum Gasteiger partial charge on any atom is -0.508 e. The van der Waals surface area contributed by atoms with Crippen molar-refractivity contribution in [1.82, 2.24) is 4.90 Å². The van der Waals surface area contributed by atoms with Gasteiger partial charge in [0.05, 0.1) is 28.5 Å². The molecule has 2 N–H and O–H groups in total. The molecule has 1 amide bonds. The van der Waals surface area contributed by atoms with Crippen LogP contribution < -0.4 is 4.90 Å². The first-order valence-corrected chi connectivity index (χ1v) is 9.13. The number of phenolic OH excluding ortho intramolecular Hbond substituents is 2. The van der Waals surface area contributed by atoms with Gasteiger partial charge in [-0.3, -0.25) is 4.79 Å². The second-order valence-electron chi connectivity index (χ2n) is 6.38. The second kappa shape index (κ2) is 6.66. The van der Waals surface area contributed by atoms with Crippen LogP contribution in [0, 0.1) is 0 Å². The molecule has 0 aliphatic carbocycles. The maximum atomic E-state index is 13.3. The van der Waals surface area contributed by atoms with Crippen molar-refractivity contribution in [3.05, 3.63) is 76.2 Å². The van der Waals surface area contributed by atoms with E-state index in [2.05, 4.69) is 15.9 Å². The quantitative estimate of drug-likeness (QED) is 0.609. The molecule has 7 heteroatoms. The first kappa shape index (κ1) is 17.5. The van der Waals surface area contributed by atoms with Gasteiger partial charge < -0.3 is 24.4 Å². The van der Waals surface area contributed by atoms with Crippen LogP contribution in [0.1, 0.15) is 27.8 Å². The fourth-order valence-corrected chi connectivity index (χ4v) is 3.94. The molecule has 138 valence electrons. The molecular formula is C20H17BrN2O4. The Bertz CT molecular complexity index is 1000. The summed E-state index contributed by atoms with van der Waals surface area (Å²) >= 11 is 3.26.